The Morgan fingerprint density at radius 2 is 1.26 bits per heavy atom. The van der Waals surface area contributed by atoms with Gasteiger partial charge in [0.05, 0.1) is 46.8 Å². The molecule has 1 amide bonds. The number of fused-ring (bicyclic) bond motifs is 1. The molecule has 0 spiro atoms. The number of carbonyl (C=O) groups excluding carboxylic acids is 3. The SMILES string of the molecule is C=C(C)C[C@H](OC)[C@H](OCOCC[Si](C)(C)C)C(=O)N[C@@H](OC)[C@@H]1CC(=O)C(C)(C)[C@@H](C[C@H](OCOCC[Si](C)(C)C)[C@@H](C)[C@H]2Cc3c(C)c(OCc4ccc(OC)c(OC)c4)cc(OCc4ccc(OC)c(OC)c4)c3C(=O)O2)O1. The minimum Gasteiger partial charge on any atom is -0.493 e. The first-order chi connectivity index (χ1) is 38.3. The Labute approximate surface area is 483 Å². The van der Waals surface area contributed by atoms with Crippen LogP contribution in [-0.4, -0.2) is 146 Å². The molecule has 1 N–H and O–H groups in total. The summed E-state index contributed by atoms with van der Waals surface area (Å²) >= 11 is 0. The maximum absolute atomic E-state index is 14.7. The zero-order valence-electron chi connectivity index (χ0n) is 51.3. The molecule has 81 heavy (non-hydrogen) atoms. The molecule has 2 aliphatic rings. The molecule has 0 unspecified atom stereocenters. The number of esters is 1. The molecule has 18 nitrogen and oxygen atoms in total. The molecular weight excluding hydrogens is 1070 g/mol. The monoisotopic (exact) mass is 1170 g/mol. The topological polar surface area (TPSA) is 192 Å². The Bertz CT molecular complexity index is 2560. The molecule has 1 saturated heterocycles. The smallest absolute Gasteiger partial charge is 0.342 e. The molecule has 452 valence electrons. The number of methoxy groups -OCH3 is 6. The third-order valence-electron chi connectivity index (χ3n) is 15.1. The predicted molar refractivity (Wildman–Crippen MR) is 315 cm³/mol. The van der Waals surface area contributed by atoms with Crippen LogP contribution in [0.1, 0.15) is 79.6 Å². The van der Waals surface area contributed by atoms with Crippen molar-refractivity contribution in [2.45, 2.75) is 168 Å². The van der Waals surface area contributed by atoms with Gasteiger partial charge in [0.1, 0.15) is 61.9 Å². The Morgan fingerprint density at radius 1 is 0.716 bits per heavy atom. The lowest BCUT2D eigenvalue weighted by Crippen LogP contribution is -2.58. The van der Waals surface area contributed by atoms with Gasteiger partial charge in [0.25, 0.3) is 5.91 Å². The van der Waals surface area contributed by atoms with E-state index in [0.29, 0.717) is 59.5 Å². The summed E-state index contributed by atoms with van der Waals surface area (Å²) in [6.45, 7) is 28.2. The van der Waals surface area contributed by atoms with Crippen molar-refractivity contribution in [2.75, 3.05) is 69.5 Å². The van der Waals surface area contributed by atoms with Gasteiger partial charge >= 0.3 is 5.97 Å². The predicted octanol–water partition coefficient (Wildman–Crippen LogP) is 10.5. The standard InChI is InChI=1S/C61H93NO17Si2/c1-38(2)27-52(70-11)57(77-37-73-24-26-81(16,17)18)58(64)62-59(71-12)53-32-54(63)61(5,6)55(78-53)33-47(76-36-72-23-25-80(13,14)15)40(4)48-30-43-39(3)46(74-34-41-19-21-44(66-7)49(28-41)68-9)31-51(56(43)60(65)79-48)75-35-42-20-22-45(67-8)50(29-42)69-10/h19-22,28-29,31,40,47-48,52-53,55,57,59H,1,23-27,30,32-37H2,2-18H3,(H,62,64)/t40-,47+,48-,52+,53+,55-,57+,59+/m1/s1. The lowest BCUT2D eigenvalue weighted by Gasteiger charge is -2.45. The number of ketones is 1. The number of nitrogens with one attached hydrogen (secondary N) is 1. The molecule has 2 aliphatic heterocycles. The van der Waals surface area contributed by atoms with Crippen LogP contribution in [0.25, 0.3) is 0 Å². The Balaban J connectivity index is 1.46. The van der Waals surface area contributed by atoms with Gasteiger partial charge in [-0.25, -0.2) is 4.79 Å². The van der Waals surface area contributed by atoms with E-state index in [9.17, 15) is 14.4 Å². The molecule has 3 aromatic rings. The van der Waals surface area contributed by atoms with E-state index in [1.165, 1.54) is 14.2 Å². The third kappa shape index (κ3) is 19.0. The first-order valence-corrected chi connectivity index (χ1v) is 35.3. The number of cyclic esters (lactones) is 1. The van der Waals surface area contributed by atoms with E-state index in [2.05, 4.69) is 51.2 Å². The van der Waals surface area contributed by atoms with Gasteiger partial charge in [0.15, 0.2) is 35.3 Å². The minimum atomic E-state index is -1.45. The van der Waals surface area contributed by atoms with Gasteiger partial charge in [-0.1, -0.05) is 77.8 Å². The third-order valence-corrected chi connectivity index (χ3v) is 18.5. The van der Waals surface area contributed by atoms with Crippen LogP contribution in [0.4, 0.5) is 0 Å². The van der Waals surface area contributed by atoms with E-state index >= 15 is 0 Å². The van der Waals surface area contributed by atoms with E-state index in [1.807, 2.05) is 65.0 Å². The highest BCUT2D eigenvalue weighted by atomic mass is 28.3. The van der Waals surface area contributed by atoms with Gasteiger partial charge in [-0.2, -0.15) is 0 Å². The average Bonchev–Trinajstić information content (AvgIpc) is 3.57. The van der Waals surface area contributed by atoms with E-state index in [0.717, 1.165) is 34.4 Å². The first-order valence-electron chi connectivity index (χ1n) is 27.9. The number of hydrogen-bond acceptors (Lipinski definition) is 17. The number of ether oxygens (including phenoxy) is 14. The van der Waals surface area contributed by atoms with Crippen molar-refractivity contribution < 1.29 is 80.7 Å². The summed E-state index contributed by atoms with van der Waals surface area (Å²) in [5.74, 6) is 1.37. The van der Waals surface area contributed by atoms with Crippen molar-refractivity contribution in [3.8, 4) is 34.5 Å². The molecule has 0 radical (unpaired) electrons. The van der Waals surface area contributed by atoms with Gasteiger partial charge in [0, 0.05) is 80.2 Å². The number of rotatable bonds is 34. The highest BCUT2D eigenvalue weighted by Gasteiger charge is 2.49. The Morgan fingerprint density at radius 3 is 1.77 bits per heavy atom. The van der Waals surface area contributed by atoms with Gasteiger partial charge < -0.3 is 71.6 Å². The summed E-state index contributed by atoms with van der Waals surface area (Å²) in [5.41, 5.74) is 3.12. The van der Waals surface area contributed by atoms with Crippen molar-refractivity contribution in [2.24, 2.45) is 11.3 Å². The van der Waals surface area contributed by atoms with Crippen LogP contribution >= 0.6 is 0 Å². The van der Waals surface area contributed by atoms with Crippen LogP contribution in [0.5, 0.6) is 34.5 Å². The average molecular weight is 1170 g/mol. The van der Waals surface area contributed by atoms with Crippen molar-refractivity contribution >= 4 is 33.8 Å². The highest BCUT2D eigenvalue weighted by molar-refractivity contribution is 6.76. The lowest BCUT2D eigenvalue weighted by molar-refractivity contribution is -0.197. The number of benzene rings is 3. The van der Waals surface area contributed by atoms with Crippen LogP contribution in [0.3, 0.4) is 0 Å². The second kappa shape index (κ2) is 30.5. The first kappa shape index (κ1) is 66.8. The largest absolute Gasteiger partial charge is 0.493 e. The van der Waals surface area contributed by atoms with Crippen LogP contribution in [-0.2, 0) is 67.1 Å². The summed E-state index contributed by atoms with van der Waals surface area (Å²) in [6, 6.07) is 14.6. The molecule has 20 heteroatoms. The molecule has 0 aliphatic carbocycles. The molecule has 0 aromatic heterocycles. The Kier molecular flexibility index (Phi) is 25.1. The van der Waals surface area contributed by atoms with Gasteiger partial charge in [-0.05, 0) is 78.9 Å². The van der Waals surface area contributed by atoms with Crippen LogP contribution in [0.2, 0.25) is 51.4 Å². The van der Waals surface area contributed by atoms with Crippen molar-refractivity contribution in [3.05, 3.63) is 82.4 Å². The molecule has 3 aromatic carbocycles. The molecule has 1 fully saturated rings. The normalized spacial score (nSPS) is 19.0. The second-order valence-corrected chi connectivity index (χ2v) is 35.4. The summed E-state index contributed by atoms with van der Waals surface area (Å²) in [5, 5.41) is 2.96. The maximum Gasteiger partial charge on any atom is 0.342 e. The Hall–Kier alpha value is -5.04. The second-order valence-electron chi connectivity index (χ2n) is 24.1. The molecular formula is C61H93NO17Si2. The number of hydrogen-bond donors (Lipinski definition) is 1. The molecule has 0 bridgehead atoms. The fraction of sp³-hybridized carbons (Fsp3) is 0.623. The number of Topliss-reactive ketones (excluding diaryl/α,β-unsaturated/α-hetero) is 1. The van der Waals surface area contributed by atoms with Crippen LogP contribution in [0.15, 0.2) is 54.6 Å². The molecule has 5 rings (SSSR count). The zero-order valence-corrected chi connectivity index (χ0v) is 53.3. The quantitative estimate of drug-likeness (QED) is 0.0195. The van der Waals surface area contributed by atoms with Gasteiger partial charge in [-0.3, -0.25) is 9.59 Å². The highest BCUT2D eigenvalue weighted by Crippen LogP contribution is 2.43. The van der Waals surface area contributed by atoms with Gasteiger partial charge in [0.2, 0.25) is 0 Å². The van der Waals surface area contributed by atoms with Crippen molar-refractivity contribution in [1.29, 1.82) is 0 Å². The number of amides is 1. The summed E-state index contributed by atoms with van der Waals surface area (Å²) < 4.78 is 84.9. The van der Waals surface area contributed by atoms with Crippen LogP contribution < -0.4 is 33.7 Å². The van der Waals surface area contributed by atoms with E-state index in [4.69, 9.17) is 66.3 Å². The molecule has 2 heterocycles. The number of carbonyl (C=O) groups is 3. The lowest BCUT2D eigenvalue weighted by atomic mass is 9.74. The van der Waals surface area contributed by atoms with Crippen molar-refractivity contribution in [1.82, 2.24) is 5.32 Å². The van der Waals surface area contributed by atoms with Crippen LogP contribution in [0, 0.1) is 18.3 Å². The maximum atomic E-state index is 14.7. The van der Waals surface area contributed by atoms with Crippen molar-refractivity contribution in [3.63, 3.8) is 0 Å². The fourth-order valence-electron chi connectivity index (χ4n) is 9.66. The van der Waals surface area contributed by atoms with Gasteiger partial charge in [-0.15, -0.1) is 6.58 Å². The summed E-state index contributed by atoms with van der Waals surface area (Å²) in [7, 11) is 6.44. The van der Waals surface area contributed by atoms with E-state index in [-0.39, 0.29) is 57.6 Å². The minimum absolute atomic E-state index is 0.0446. The molecule has 8 atom stereocenters. The van der Waals surface area contributed by atoms with E-state index in [1.54, 1.807) is 40.6 Å². The summed E-state index contributed by atoms with van der Waals surface area (Å²) in [6.07, 6.45) is -5.12. The van der Waals surface area contributed by atoms with E-state index < -0.39 is 82.2 Å². The molecule has 0 saturated carbocycles. The zero-order chi connectivity index (χ0) is 59.8. The fourth-order valence-corrected chi connectivity index (χ4v) is 11.2. The summed E-state index contributed by atoms with van der Waals surface area (Å²) in [4.78, 5) is 43.3.